The highest BCUT2D eigenvalue weighted by Crippen LogP contribution is 2.31. The first-order chi connectivity index (χ1) is 17.2. The van der Waals surface area contributed by atoms with Crippen molar-refractivity contribution in [2.45, 2.75) is 45.4 Å². The molecular weight excluding hydrogens is 461 g/mol. The molecule has 1 aliphatic carbocycles. The summed E-state index contributed by atoms with van der Waals surface area (Å²) < 4.78 is 25.5. The molecule has 36 heavy (non-hydrogen) atoms. The molecule has 194 valence electrons. The monoisotopic (exact) mass is 497 g/mol. The van der Waals surface area contributed by atoms with E-state index in [4.69, 9.17) is 9.47 Å². The summed E-state index contributed by atoms with van der Waals surface area (Å²) in [5, 5.41) is 2.92. The highest BCUT2D eigenvalue weighted by Gasteiger charge is 2.31. The highest BCUT2D eigenvalue weighted by atomic mass is 19.1. The molecular formula is C28H36FN3O4. The number of ether oxygens (including phenoxy) is 2. The van der Waals surface area contributed by atoms with Gasteiger partial charge in [-0.1, -0.05) is 19.1 Å². The maximum Gasteiger partial charge on any atom is 0.257 e. The molecule has 0 saturated heterocycles. The second kappa shape index (κ2) is 11.4. The molecule has 2 aromatic carbocycles. The molecule has 0 unspecified atom stereocenters. The summed E-state index contributed by atoms with van der Waals surface area (Å²) in [5.41, 5.74) is 2.01. The van der Waals surface area contributed by atoms with Gasteiger partial charge in [0.15, 0.2) is 0 Å². The van der Waals surface area contributed by atoms with E-state index in [9.17, 15) is 14.0 Å². The quantitative estimate of drug-likeness (QED) is 0.671. The highest BCUT2D eigenvalue weighted by molar-refractivity contribution is 6.00. The normalized spacial score (nSPS) is 23.8. The first kappa shape index (κ1) is 26.1. The van der Waals surface area contributed by atoms with Crippen molar-refractivity contribution in [1.29, 1.82) is 0 Å². The Morgan fingerprint density at radius 2 is 1.86 bits per heavy atom. The van der Waals surface area contributed by atoms with Crippen LogP contribution in [0.2, 0.25) is 0 Å². The van der Waals surface area contributed by atoms with E-state index in [1.807, 2.05) is 0 Å². The van der Waals surface area contributed by atoms with Crippen LogP contribution in [0.4, 0.5) is 10.1 Å². The molecule has 1 saturated carbocycles. The molecule has 0 bridgehead atoms. The van der Waals surface area contributed by atoms with E-state index in [1.54, 1.807) is 49.4 Å². The fraction of sp³-hybridized carbons (Fsp3) is 0.500. The van der Waals surface area contributed by atoms with Crippen LogP contribution < -0.4 is 10.1 Å². The number of halogens is 1. The third kappa shape index (κ3) is 6.42. The minimum absolute atomic E-state index is 0.0110. The van der Waals surface area contributed by atoms with Gasteiger partial charge in [-0.15, -0.1) is 0 Å². The predicted octanol–water partition coefficient (Wildman–Crippen LogP) is 4.18. The lowest BCUT2D eigenvalue weighted by molar-refractivity contribution is -0.117. The Hall–Kier alpha value is -2.97. The lowest BCUT2D eigenvalue weighted by atomic mass is 10.0. The van der Waals surface area contributed by atoms with E-state index in [0.29, 0.717) is 36.7 Å². The van der Waals surface area contributed by atoms with Crippen LogP contribution in [0, 0.1) is 17.7 Å². The average Bonchev–Trinajstić information content (AvgIpc) is 3.71. The van der Waals surface area contributed by atoms with Crippen LogP contribution in [0.25, 0.3) is 0 Å². The Labute approximate surface area is 212 Å². The van der Waals surface area contributed by atoms with Gasteiger partial charge in [0.05, 0.1) is 11.7 Å². The SMILES string of the molecule is CO[C@@H]1CN(C)C(=O)c2cc(NC(=O)C3CC3)ccc2OC[C@H](C)N(Cc2ccc(F)cc2)C[C@H]1C. The number of anilines is 1. The van der Waals surface area contributed by atoms with Crippen molar-refractivity contribution in [2.75, 3.05) is 39.2 Å². The van der Waals surface area contributed by atoms with E-state index in [1.165, 1.54) is 12.1 Å². The number of rotatable bonds is 5. The number of methoxy groups -OCH3 is 1. The summed E-state index contributed by atoms with van der Waals surface area (Å²) in [7, 11) is 3.42. The zero-order chi connectivity index (χ0) is 25.8. The Kier molecular flexibility index (Phi) is 8.26. The van der Waals surface area contributed by atoms with Crippen LogP contribution in [-0.2, 0) is 16.1 Å². The standard InChI is InChI=1S/C28H36FN3O4/c1-18-14-32(15-20-5-9-22(29)10-6-20)19(2)17-36-25-12-11-23(30-27(33)21-7-8-21)13-24(25)28(34)31(3)16-26(18)35-4/h5-6,9-13,18-19,21,26H,7-8,14-17H2,1-4H3,(H,30,33)/t18-,19+,26-/m1/s1. The number of nitrogens with one attached hydrogen (secondary N) is 1. The minimum atomic E-state index is -0.256. The number of likely N-dealkylation sites (N-methyl/N-ethyl adjacent to an activating group) is 1. The van der Waals surface area contributed by atoms with Crippen LogP contribution in [-0.4, -0.2) is 67.6 Å². The number of benzene rings is 2. The number of hydrogen-bond acceptors (Lipinski definition) is 5. The molecule has 8 heteroatoms. The summed E-state index contributed by atoms with van der Waals surface area (Å²) in [5.74, 6) is 0.219. The van der Waals surface area contributed by atoms with Gasteiger partial charge >= 0.3 is 0 Å². The maximum atomic E-state index is 13.5. The molecule has 7 nitrogen and oxygen atoms in total. The minimum Gasteiger partial charge on any atom is -0.491 e. The topological polar surface area (TPSA) is 71.1 Å². The maximum absolute atomic E-state index is 13.5. The Morgan fingerprint density at radius 3 is 2.53 bits per heavy atom. The van der Waals surface area contributed by atoms with Crippen LogP contribution in [0.1, 0.15) is 42.6 Å². The van der Waals surface area contributed by atoms with E-state index >= 15 is 0 Å². The summed E-state index contributed by atoms with van der Waals surface area (Å²) in [6, 6.07) is 11.8. The molecule has 1 heterocycles. The number of carbonyl (C=O) groups excluding carboxylic acids is 2. The van der Waals surface area contributed by atoms with Crippen molar-refractivity contribution >= 4 is 17.5 Å². The van der Waals surface area contributed by atoms with Crippen LogP contribution in [0.5, 0.6) is 5.75 Å². The molecule has 4 rings (SSSR count). The van der Waals surface area contributed by atoms with Gasteiger partial charge in [-0.3, -0.25) is 14.5 Å². The third-order valence-corrected chi connectivity index (χ3v) is 7.09. The molecule has 1 aliphatic heterocycles. The average molecular weight is 498 g/mol. The van der Waals surface area contributed by atoms with E-state index in [0.717, 1.165) is 24.9 Å². The zero-order valence-corrected chi connectivity index (χ0v) is 21.5. The zero-order valence-electron chi connectivity index (χ0n) is 21.5. The number of carbonyl (C=O) groups is 2. The molecule has 2 aromatic rings. The van der Waals surface area contributed by atoms with E-state index in [-0.39, 0.29) is 41.6 Å². The van der Waals surface area contributed by atoms with Gasteiger partial charge in [0.2, 0.25) is 5.91 Å². The molecule has 3 atom stereocenters. The summed E-state index contributed by atoms with van der Waals surface area (Å²) in [6.45, 7) is 6.34. The number of fused-ring (bicyclic) bond motifs is 1. The largest absolute Gasteiger partial charge is 0.491 e. The van der Waals surface area contributed by atoms with Crippen molar-refractivity contribution in [2.24, 2.45) is 11.8 Å². The molecule has 2 aliphatic rings. The summed E-state index contributed by atoms with van der Waals surface area (Å²) in [4.78, 5) is 29.7. The fourth-order valence-electron chi connectivity index (χ4n) is 4.56. The van der Waals surface area contributed by atoms with Crippen LogP contribution in [0.3, 0.4) is 0 Å². The number of hydrogen-bond donors (Lipinski definition) is 1. The number of amides is 2. The molecule has 0 radical (unpaired) electrons. The van der Waals surface area contributed by atoms with E-state index in [2.05, 4.69) is 24.1 Å². The van der Waals surface area contributed by atoms with Crippen molar-refractivity contribution in [3.05, 3.63) is 59.4 Å². The second-order valence-electron chi connectivity index (χ2n) is 10.1. The lowest BCUT2D eigenvalue weighted by Crippen LogP contribution is -2.46. The third-order valence-electron chi connectivity index (χ3n) is 7.09. The predicted molar refractivity (Wildman–Crippen MR) is 136 cm³/mol. The molecule has 1 N–H and O–H groups in total. The van der Waals surface area contributed by atoms with Crippen LogP contribution in [0.15, 0.2) is 42.5 Å². The Morgan fingerprint density at radius 1 is 1.14 bits per heavy atom. The molecule has 0 aromatic heterocycles. The molecule has 2 amide bonds. The fourth-order valence-corrected chi connectivity index (χ4v) is 4.56. The Balaban J connectivity index is 1.61. The van der Waals surface area contributed by atoms with Crippen molar-refractivity contribution in [1.82, 2.24) is 9.80 Å². The van der Waals surface area contributed by atoms with Gasteiger partial charge < -0.3 is 19.7 Å². The molecule has 1 fully saturated rings. The van der Waals surface area contributed by atoms with Gasteiger partial charge in [0, 0.05) is 51.4 Å². The van der Waals surface area contributed by atoms with Crippen molar-refractivity contribution in [3.8, 4) is 5.75 Å². The van der Waals surface area contributed by atoms with Gasteiger partial charge in [0.25, 0.3) is 5.91 Å². The molecule has 0 spiro atoms. The van der Waals surface area contributed by atoms with Gasteiger partial charge in [0.1, 0.15) is 18.2 Å². The summed E-state index contributed by atoms with van der Waals surface area (Å²) >= 11 is 0. The van der Waals surface area contributed by atoms with Crippen molar-refractivity contribution < 1.29 is 23.5 Å². The van der Waals surface area contributed by atoms with Crippen LogP contribution >= 0.6 is 0 Å². The lowest BCUT2D eigenvalue weighted by Gasteiger charge is -2.36. The van der Waals surface area contributed by atoms with Gasteiger partial charge in [-0.2, -0.15) is 0 Å². The van der Waals surface area contributed by atoms with Gasteiger partial charge in [-0.05, 0) is 61.6 Å². The van der Waals surface area contributed by atoms with Gasteiger partial charge in [-0.25, -0.2) is 4.39 Å². The summed E-state index contributed by atoms with van der Waals surface area (Å²) in [6.07, 6.45) is 1.64. The number of nitrogens with zero attached hydrogens (tertiary/aromatic N) is 2. The smallest absolute Gasteiger partial charge is 0.257 e. The first-order valence-corrected chi connectivity index (χ1v) is 12.6. The first-order valence-electron chi connectivity index (χ1n) is 12.6. The van der Waals surface area contributed by atoms with Crippen molar-refractivity contribution in [3.63, 3.8) is 0 Å². The Bertz CT molecular complexity index is 1070. The van der Waals surface area contributed by atoms with E-state index < -0.39 is 0 Å². The second-order valence-corrected chi connectivity index (χ2v) is 10.1.